The fraction of sp³-hybridized carbons (Fsp3) is 0.909. The third-order valence-corrected chi connectivity index (χ3v) is 3.43. The van der Waals surface area contributed by atoms with Crippen molar-refractivity contribution in [2.24, 2.45) is 5.73 Å². The maximum absolute atomic E-state index is 11.6. The van der Waals surface area contributed by atoms with E-state index in [0.29, 0.717) is 6.04 Å². The maximum atomic E-state index is 11.6. The maximum Gasteiger partial charge on any atom is 0.237 e. The number of nitrogens with two attached hydrogens (primary N) is 1. The molecule has 0 aliphatic heterocycles. The van der Waals surface area contributed by atoms with Crippen LogP contribution in [0.1, 0.15) is 39.0 Å². The highest BCUT2D eigenvalue weighted by Crippen LogP contribution is 2.28. The minimum atomic E-state index is -0.119. The van der Waals surface area contributed by atoms with Gasteiger partial charge in [-0.2, -0.15) is 0 Å². The highest BCUT2D eigenvalue weighted by atomic mass is 35.5. The van der Waals surface area contributed by atoms with Crippen LogP contribution in [0.5, 0.6) is 0 Å². The Hall–Kier alpha value is -0.320. The number of carbonyl (C=O) groups is 1. The molecule has 1 amide bonds. The van der Waals surface area contributed by atoms with Gasteiger partial charge in [-0.1, -0.05) is 0 Å². The van der Waals surface area contributed by atoms with E-state index < -0.39 is 0 Å². The lowest BCUT2D eigenvalue weighted by Gasteiger charge is -2.39. The molecule has 0 aromatic heterocycles. The van der Waals surface area contributed by atoms with Gasteiger partial charge in [0.1, 0.15) is 0 Å². The summed E-state index contributed by atoms with van der Waals surface area (Å²) in [5.74, 6) is 0.112. The summed E-state index contributed by atoms with van der Waals surface area (Å²) in [5, 5.41) is 6.20. The van der Waals surface area contributed by atoms with E-state index in [2.05, 4.69) is 10.6 Å². The van der Waals surface area contributed by atoms with E-state index in [-0.39, 0.29) is 29.9 Å². The van der Waals surface area contributed by atoms with Gasteiger partial charge in [-0.15, -0.1) is 12.4 Å². The number of halogens is 1. The number of rotatable bonds is 5. The molecule has 2 aliphatic rings. The van der Waals surface area contributed by atoms with Crippen LogP contribution in [0.25, 0.3) is 0 Å². The summed E-state index contributed by atoms with van der Waals surface area (Å²) in [6, 6.07) is 0.323. The molecule has 0 aromatic rings. The SMILES string of the molecule is CC(NCC1(N)CCC1)C(=O)NC1CC1.Cl. The zero-order valence-electron chi connectivity index (χ0n) is 9.79. The van der Waals surface area contributed by atoms with Crippen LogP contribution >= 0.6 is 12.4 Å². The molecule has 2 rings (SSSR count). The molecule has 2 fully saturated rings. The zero-order chi connectivity index (χ0) is 10.9. The third-order valence-electron chi connectivity index (χ3n) is 3.43. The fourth-order valence-electron chi connectivity index (χ4n) is 1.81. The molecule has 4 N–H and O–H groups in total. The molecule has 0 spiro atoms. The average Bonchev–Trinajstić information content (AvgIpc) is 2.94. The van der Waals surface area contributed by atoms with Gasteiger partial charge in [0.2, 0.25) is 5.91 Å². The van der Waals surface area contributed by atoms with Crippen molar-refractivity contribution >= 4 is 18.3 Å². The summed E-state index contributed by atoms with van der Waals surface area (Å²) < 4.78 is 0. The van der Waals surface area contributed by atoms with Gasteiger partial charge < -0.3 is 16.4 Å². The summed E-state index contributed by atoms with van der Waals surface area (Å²) in [6.07, 6.45) is 5.66. The van der Waals surface area contributed by atoms with E-state index >= 15 is 0 Å². The Labute approximate surface area is 103 Å². The summed E-state index contributed by atoms with van der Waals surface area (Å²) >= 11 is 0. The molecule has 0 bridgehead atoms. The quantitative estimate of drug-likeness (QED) is 0.665. The predicted octanol–water partition coefficient (Wildman–Crippen LogP) is 0.546. The number of nitrogens with one attached hydrogen (secondary N) is 2. The molecule has 4 nitrogen and oxygen atoms in total. The van der Waals surface area contributed by atoms with E-state index in [9.17, 15) is 4.79 Å². The zero-order valence-corrected chi connectivity index (χ0v) is 10.6. The van der Waals surface area contributed by atoms with Gasteiger partial charge in [-0.3, -0.25) is 4.79 Å². The Kier molecular flexibility index (Phi) is 4.59. The van der Waals surface area contributed by atoms with Gasteiger partial charge in [0, 0.05) is 18.1 Å². The predicted molar refractivity (Wildman–Crippen MR) is 66.6 cm³/mol. The van der Waals surface area contributed by atoms with Gasteiger partial charge >= 0.3 is 0 Å². The smallest absolute Gasteiger partial charge is 0.237 e. The van der Waals surface area contributed by atoms with Crippen molar-refractivity contribution in [1.29, 1.82) is 0 Å². The summed E-state index contributed by atoms with van der Waals surface area (Å²) in [6.45, 7) is 2.66. The Morgan fingerprint density at radius 3 is 2.56 bits per heavy atom. The molecule has 5 heteroatoms. The number of carbonyl (C=O) groups excluding carboxylic acids is 1. The van der Waals surface area contributed by atoms with Crippen molar-refractivity contribution in [2.45, 2.75) is 56.7 Å². The lowest BCUT2D eigenvalue weighted by atomic mass is 9.77. The molecular weight excluding hydrogens is 226 g/mol. The van der Waals surface area contributed by atoms with E-state index in [1.54, 1.807) is 0 Å². The Bertz CT molecular complexity index is 252. The Morgan fingerprint density at radius 2 is 2.12 bits per heavy atom. The van der Waals surface area contributed by atoms with Crippen LogP contribution in [0, 0.1) is 0 Å². The van der Waals surface area contributed by atoms with E-state index in [0.717, 1.165) is 32.2 Å². The molecule has 2 aliphatic carbocycles. The first-order valence-corrected chi connectivity index (χ1v) is 5.92. The standard InChI is InChI=1S/C11H21N3O.ClH/c1-8(10(15)14-9-3-4-9)13-7-11(12)5-2-6-11;/h8-9,13H,2-7,12H2,1H3,(H,14,15);1H. The number of amides is 1. The van der Waals surface area contributed by atoms with Crippen molar-refractivity contribution in [3.8, 4) is 0 Å². The van der Waals surface area contributed by atoms with E-state index in [4.69, 9.17) is 5.73 Å². The monoisotopic (exact) mass is 247 g/mol. The first-order chi connectivity index (χ1) is 7.09. The van der Waals surface area contributed by atoms with Gasteiger partial charge in [0.25, 0.3) is 0 Å². The van der Waals surface area contributed by atoms with Crippen LogP contribution in [0.3, 0.4) is 0 Å². The van der Waals surface area contributed by atoms with Crippen LogP contribution in [0.2, 0.25) is 0 Å². The molecular formula is C11H22ClN3O. The van der Waals surface area contributed by atoms with Crippen molar-refractivity contribution in [2.75, 3.05) is 6.54 Å². The molecule has 0 saturated heterocycles. The molecule has 0 radical (unpaired) electrons. The molecule has 0 heterocycles. The first-order valence-electron chi connectivity index (χ1n) is 5.92. The second-order valence-electron chi connectivity index (χ2n) is 5.10. The normalized spacial score (nSPS) is 23.9. The summed E-state index contributed by atoms with van der Waals surface area (Å²) in [4.78, 5) is 11.6. The van der Waals surface area contributed by atoms with E-state index in [1.807, 2.05) is 6.92 Å². The highest BCUT2D eigenvalue weighted by Gasteiger charge is 2.33. The Morgan fingerprint density at radius 1 is 1.50 bits per heavy atom. The van der Waals surface area contributed by atoms with Crippen LogP contribution in [0.15, 0.2) is 0 Å². The number of hydrogen-bond donors (Lipinski definition) is 3. The van der Waals surface area contributed by atoms with Gasteiger partial charge in [-0.05, 0) is 39.0 Å². The van der Waals surface area contributed by atoms with Gasteiger partial charge in [0.05, 0.1) is 6.04 Å². The largest absolute Gasteiger partial charge is 0.352 e. The van der Waals surface area contributed by atoms with Crippen LogP contribution in [-0.4, -0.2) is 30.1 Å². The number of hydrogen-bond acceptors (Lipinski definition) is 3. The molecule has 16 heavy (non-hydrogen) atoms. The van der Waals surface area contributed by atoms with Crippen molar-refractivity contribution < 1.29 is 4.79 Å². The lowest BCUT2D eigenvalue weighted by molar-refractivity contribution is -0.123. The molecule has 2 saturated carbocycles. The topological polar surface area (TPSA) is 67.1 Å². The minimum absolute atomic E-state index is 0. The van der Waals surface area contributed by atoms with Crippen LogP contribution < -0.4 is 16.4 Å². The van der Waals surface area contributed by atoms with Crippen LogP contribution in [-0.2, 0) is 4.79 Å². The molecule has 1 unspecified atom stereocenters. The van der Waals surface area contributed by atoms with Gasteiger partial charge in [0.15, 0.2) is 0 Å². The second-order valence-corrected chi connectivity index (χ2v) is 5.10. The summed E-state index contributed by atoms with van der Waals surface area (Å²) in [5.41, 5.74) is 6.02. The average molecular weight is 248 g/mol. The van der Waals surface area contributed by atoms with Crippen LogP contribution in [0.4, 0.5) is 0 Å². The fourth-order valence-corrected chi connectivity index (χ4v) is 1.81. The molecule has 0 aromatic carbocycles. The summed E-state index contributed by atoms with van der Waals surface area (Å²) in [7, 11) is 0. The van der Waals surface area contributed by atoms with Crippen molar-refractivity contribution in [1.82, 2.24) is 10.6 Å². The third kappa shape index (κ3) is 3.61. The Balaban J connectivity index is 0.00000128. The van der Waals surface area contributed by atoms with Crippen molar-refractivity contribution in [3.63, 3.8) is 0 Å². The van der Waals surface area contributed by atoms with Crippen molar-refractivity contribution in [3.05, 3.63) is 0 Å². The van der Waals surface area contributed by atoms with E-state index in [1.165, 1.54) is 6.42 Å². The lowest BCUT2D eigenvalue weighted by Crippen LogP contribution is -2.57. The van der Waals surface area contributed by atoms with Gasteiger partial charge in [-0.25, -0.2) is 0 Å². The minimum Gasteiger partial charge on any atom is -0.352 e. The highest BCUT2D eigenvalue weighted by molar-refractivity contribution is 5.85. The molecule has 94 valence electrons. The second kappa shape index (κ2) is 5.34. The first kappa shape index (κ1) is 13.7. The molecule has 1 atom stereocenters.